The standard InChI is InChI=1S/C32H38FN5O4/c1-20(2)29(34)30(40)37-27-13-11-23-17-25(33)12-14-28(23)38(31(27)41)19-21-7-9-22(10-8-21)26-6-4-3-5-24(26)18-36-32(42)35-15-16-39/h3-10,12,14,17,20,27,29,39H,11,13,15-16,18-19,34H2,1-2H3,(H,37,40)(H2,35,36,42)/t27-,29?/m1/s1. The first-order valence-corrected chi connectivity index (χ1v) is 14.1. The van der Waals surface area contributed by atoms with E-state index in [9.17, 15) is 18.8 Å². The van der Waals surface area contributed by atoms with Crippen molar-refractivity contribution in [1.29, 1.82) is 0 Å². The zero-order valence-electron chi connectivity index (χ0n) is 23.9. The van der Waals surface area contributed by atoms with Gasteiger partial charge in [-0.15, -0.1) is 0 Å². The summed E-state index contributed by atoms with van der Waals surface area (Å²) in [6.07, 6.45) is 0.767. The van der Waals surface area contributed by atoms with Gasteiger partial charge in [-0.2, -0.15) is 0 Å². The Balaban J connectivity index is 1.55. The highest BCUT2D eigenvalue weighted by molar-refractivity contribution is 6.01. The lowest BCUT2D eigenvalue weighted by atomic mass is 9.98. The van der Waals surface area contributed by atoms with E-state index in [0.29, 0.717) is 30.6 Å². The number of nitrogens with one attached hydrogen (secondary N) is 3. The van der Waals surface area contributed by atoms with Crippen LogP contribution in [0.5, 0.6) is 0 Å². The second-order valence-electron chi connectivity index (χ2n) is 10.8. The molecule has 1 unspecified atom stereocenters. The molecule has 2 atom stereocenters. The zero-order chi connectivity index (χ0) is 30.2. The third-order valence-corrected chi connectivity index (χ3v) is 7.40. The fourth-order valence-electron chi connectivity index (χ4n) is 4.95. The lowest BCUT2D eigenvalue weighted by Gasteiger charge is -2.27. The molecular formula is C32H38FN5O4. The maximum absolute atomic E-state index is 14.1. The first-order chi connectivity index (χ1) is 20.2. The number of fused-ring (bicyclic) bond motifs is 1. The number of aliphatic hydroxyl groups is 1. The van der Waals surface area contributed by atoms with Crippen molar-refractivity contribution in [3.63, 3.8) is 0 Å². The quantitative estimate of drug-likeness (QED) is 0.253. The Morgan fingerprint density at radius 2 is 1.81 bits per heavy atom. The van der Waals surface area contributed by atoms with Crippen LogP contribution in [0.1, 0.15) is 37.0 Å². The van der Waals surface area contributed by atoms with Gasteiger partial charge in [-0.25, -0.2) is 9.18 Å². The van der Waals surface area contributed by atoms with E-state index in [1.54, 1.807) is 11.0 Å². The Hall–Kier alpha value is -4.28. The number of amides is 4. The van der Waals surface area contributed by atoms with Gasteiger partial charge in [-0.3, -0.25) is 9.59 Å². The molecule has 4 rings (SSSR count). The summed E-state index contributed by atoms with van der Waals surface area (Å²) in [6, 6.07) is 18.0. The Kier molecular flexibility index (Phi) is 10.3. The van der Waals surface area contributed by atoms with Gasteiger partial charge >= 0.3 is 6.03 Å². The highest BCUT2D eigenvalue weighted by Crippen LogP contribution is 2.30. The van der Waals surface area contributed by atoms with Crippen molar-refractivity contribution in [1.82, 2.24) is 16.0 Å². The predicted octanol–water partition coefficient (Wildman–Crippen LogP) is 3.23. The molecular weight excluding hydrogens is 537 g/mol. The summed E-state index contributed by atoms with van der Waals surface area (Å²) in [7, 11) is 0. The molecule has 4 amide bonds. The zero-order valence-corrected chi connectivity index (χ0v) is 23.9. The summed E-state index contributed by atoms with van der Waals surface area (Å²) >= 11 is 0. The molecule has 1 aliphatic rings. The normalized spacial score (nSPS) is 15.5. The predicted molar refractivity (Wildman–Crippen MR) is 160 cm³/mol. The first kappa shape index (κ1) is 30.7. The molecule has 1 heterocycles. The molecule has 0 radical (unpaired) electrons. The minimum atomic E-state index is -0.786. The van der Waals surface area contributed by atoms with E-state index >= 15 is 0 Å². The van der Waals surface area contributed by atoms with Crippen LogP contribution in [0, 0.1) is 11.7 Å². The number of urea groups is 1. The van der Waals surface area contributed by atoms with Gasteiger partial charge < -0.3 is 31.7 Å². The Morgan fingerprint density at radius 1 is 1.07 bits per heavy atom. The summed E-state index contributed by atoms with van der Waals surface area (Å²) in [5.41, 5.74) is 11.0. The van der Waals surface area contributed by atoms with Gasteiger partial charge in [0, 0.05) is 18.8 Å². The number of hydrogen-bond donors (Lipinski definition) is 5. The first-order valence-electron chi connectivity index (χ1n) is 14.1. The number of nitrogens with two attached hydrogens (primary N) is 1. The van der Waals surface area contributed by atoms with Crippen LogP contribution in [0.15, 0.2) is 66.7 Å². The molecule has 0 saturated heterocycles. The highest BCUT2D eigenvalue weighted by atomic mass is 19.1. The van der Waals surface area contributed by atoms with Crippen LogP contribution >= 0.6 is 0 Å². The molecule has 0 spiro atoms. The SMILES string of the molecule is CC(C)C(N)C(=O)N[C@@H]1CCc2cc(F)ccc2N(Cc2ccc(-c3ccccc3CNC(=O)NCCO)cc2)C1=O. The summed E-state index contributed by atoms with van der Waals surface area (Å²) in [4.78, 5) is 40.0. The van der Waals surface area contributed by atoms with E-state index in [0.717, 1.165) is 22.3 Å². The maximum Gasteiger partial charge on any atom is 0.315 e. The van der Waals surface area contributed by atoms with Gasteiger partial charge in [0.05, 0.1) is 19.2 Å². The molecule has 0 aliphatic carbocycles. The van der Waals surface area contributed by atoms with E-state index in [4.69, 9.17) is 10.8 Å². The number of nitrogens with zero attached hydrogens (tertiary/aromatic N) is 1. The van der Waals surface area contributed by atoms with Crippen LogP contribution in [0.2, 0.25) is 0 Å². The van der Waals surface area contributed by atoms with Crippen molar-refractivity contribution in [3.8, 4) is 11.1 Å². The molecule has 222 valence electrons. The van der Waals surface area contributed by atoms with E-state index in [1.165, 1.54) is 12.1 Å². The van der Waals surface area contributed by atoms with Crippen LogP contribution < -0.4 is 26.6 Å². The van der Waals surface area contributed by atoms with Gasteiger partial charge in [-0.05, 0) is 64.8 Å². The molecule has 42 heavy (non-hydrogen) atoms. The number of halogens is 1. The average molecular weight is 576 g/mol. The molecule has 0 fully saturated rings. The van der Waals surface area contributed by atoms with Gasteiger partial charge in [0.1, 0.15) is 11.9 Å². The Bertz CT molecular complexity index is 1410. The molecule has 6 N–H and O–H groups in total. The Morgan fingerprint density at radius 3 is 2.52 bits per heavy atom. The third kappa shape index (κ3) is 7.51. The topological polar surface area (TPSA) is 137 Å². The second-order valence-corrected chi connectivity index (χ2v) is 10.8. The summed E-state index contributed by atoms with van der Waals surface area (Å²) in [6.45, 7) is 4.26. The molecule has 9 nitrogen and oxygen atoms in total. The molecule has 1 aliphatic heterocycles. The van der Waals surface area contributed by atoms with Crippen molar-refractivity contribution < 1.29 is 23.9 Å². The number of carbonyl (C=O) groups is 3. The number of benzene rings is 3. The third-order valence-electron chi connectivity index (χ3n) is 7.40. The minimum Gasteiger partial charge on any atom is -0.395 e. The Labute approximate surface area is 245 Å². The van der Waals surface area contributed by atoms with E-state index < -0.39 is 12.1 Å². The minimum absolute atomic E-state index is 0.0869. The van der Waals surface area contributed by atoms with Crippen LogP contribution in [-0.2, 0) is 29.1 Å². The van der Waals surface area contributed by atoms with Crippen LogP contribution in [0.4, 0.5) is 14.9 Å². The second kappa shape index (κ2) is 14.1. The van der Waals surface area contributed by atoms with Gasteiger partial charge in [-0.1, -0.05) is 62.4 Å². The smallest absolute Gasteiger partial charge is 0.315 e. The number of aryl methyl sites for hydroxylation is 1. The lowest BCUT2D eigenvalue weighted by Crippen LogP contribution is -2.53. The summed E-state index contributed by atoms with van der Waals surface area (Å²) < 4.78 is 14.1. The van der Waals surface area contributed by atoms with Crippen molar-refractivity contribution in [2.45, 2.75) is 51.9 Å². The lowest BCUT2D eigenvalue weighted by molar-refractivity contribution is -0.129. The van der Waals surface area contributed by atoms with Crippen LogP contribution in [-0.4, -0.2) is 48.2 Å². The molecule has 0 aromatic heterocycles. The highest BCUT2D eigenvalue weighted by Gasteiger charge is 2.33. The molecule has 10 heteroatoms. The summed E-state index contributed by atoms with van der Waals surface area (Å²) in [5, 5.41) is 17.1. The van der Waals surface area contributed by atoms with Crippen LogP contribution in [0.25, 0.3) is 11.1 Å². The van der Waals surface area contributed by atoms with Crippen LogP contribution in [0.3, 0.4) is 0 Å². The maximum atomic E-state index is 14.1. The fourth-order valence-corrected chi connectivity index (χ4v) is 4.95. The number of carbonyl (C=O) groups excluding carboxylic acids is 3. The number of anilines is 1. The average Bonchev–Trinajstić information content (AvgIpc) is 3.11. The van der Waals surface area contributed by atoms with Gasteiger partial charge in [0.25, 0.3) is 0 Å². The number of rotatable bonds is 10. The molecule has 3 aromatic rings. The monoisotopic (exact) mass is 575 g/mol. The van der Waals surface area contributed by atoms with Gasteiger partial charge in [0.15, 0.2) is 0 Å². The molecule has 0 saturated carbocycles. The van der Waals surface area contributed by atoms with Crippen molar-refractivity contribution in [3.05, 3.63) is 89.2 Å². The number of hydrogen-bond acceptors (Lipinski definition) is 5. The molecule has 0 bridgehead atoms. The number of aliphatic hydroxyl groups excluding tert-OH is 1. The largest absolute Gasteiger partial charge is 0.395 e. The van der Waals surface area contributed by atoms with E-state index in [-0.39, 0.29) is 49.3 Å². The van der Waals surface area contributed by atoms with Crippen molar-refractivity contribution in [2.24, 2.45) is 11.7 Å². The molecule has 3 aromatic carbocycles. The van der Waals surface area contributed by atoms with E-state index in [1.807, 2.05) is 62.4 Å². The summed E-state index contributed by atoms with van der Waals surface area (Å²) in [5.74, 6) is -1.13. The van der Waals surface area contributed by atoms with Gasteiger partial charge in [0.2, 0.25) is 11.8 Å². The van der Waals surface area contributed by atoms with E-state index in [2.05, 4.69) is 16.0 Å². The fraction of sp³-hybridized carbons (Fsp3) is 0.344. The van der Waals surface area contributed by atoms with Crippen molar-refractivity contribution >= 4 is 23.5 Å². The van der Waals surface area contributed by atoms with Crippen molar-refractivity contribution in [2.75, 3.05) is 18.1 Å².